The number of halogens is 1. The highest BCUT2D eigenvalue weighted by molar-refractivity contribution is 9.10. The summed E-state index contributed by atoms with van der Waals surface area (Å²) in [7, 11) is 1.60. The van der Waals surface area contributed by atoms with Crippen molar-refractivity contribution in [3.05, 3.63) is 63.6 Å². The quantitative estimate of drug-likeness (QED) is 0.916. The van der Waals surface area contributed by atoms with Crippen LogP contribution in [0, 0.1) is 0 Å². The SMILES string of the molecule is COc1ccc(Br)c(C(=O)NC2CCc3ccccc32)c1. The minimum absolute atomic E-state index is 0.0810. The molecule has 1 unspecified atom stereocenters. The van der Waals surface area contributed by atoms with Crippen LogP contribution in [0.1, 0.15) is 33.9 Å². The van der Waals surface area contributed by atoms with E-state index >= 15 is 0 Å². The molecule has 1 aliphatic rings. The van der Waals surface area contributed by atoms with Crippen LogP contribution >= 0.6 is 15.9 Å². The fraction of sp³-hybridized carbons (Fsp3) is 0.235. The summed E-state index contributed by atoms with van der Waals surface area (Å²) in [6, 6.07) is 13.8. The lowest BCUT2D eigenvalue weighted by Gasteiger charge is -2.15. The van der Waals surface area contributed by atoms with Crippen LogP contribution in [0.4, 0.5) is 0 Å². The smallest absolute Gasteiger partial charge is 0.253 e. The molecule has 0 spiro atoms. The van der Waals surface area contributed by atoms with Crippen molar-refractivity contribution in [1.82, 2.24) is 5.32 Å². The zero-order chi connectivity index (χ0) is 14.8. The number of ether oxygens (including phenoxy) is 1. The number of rotatable bonds is 3. The number of fused-ring (bicyclic) bond motifs is 1. The highest BCUT2D eigenvalue weighted by Crippen LogP contribution is 2.31. The minimum atomic E-state index is -0.0810. The Labute approximate surface area is 132 Å². The monoisotopic (exact) mass is 345 g/mol. The van der Waals surface area contributed by atoms with Crippen molar-refractivity contribution in [1.29, 1.82) is 0 Å². The Kier molecular flexibility index (Phi) is 3.97. The van der Waals surface area contributed by atoms with Gasteiger partial charge in [0, 0.05) is 4.47 Å². The van der Waals surface area contributed by atoms with Crippen LogP contribution in [0.2, 0.25) is 0 Å². The molecule has 21 heavy (non-hydrogen) atoms. The largest absolute Gasteiger partial charge is 0.497 e. The van der Waals surface area contributed by atoms with Gasteiger partial charge < -0.3 is 10.1 Å². The van der Waals surface area contributed by atoms with Crippen LogP contribution in [0.15, 0.2) is 46.9 Å². The second kappa shape index (κ2) is 5.90. The van der Waals surface area contributed by atoms with E-state index in [-0.39, 0.29) is 11.9 Å². The van der Waals surface area contributed by atoms with E-state index in [9.17, 15) is 4.79 Å². The van der Waals surface area contributed by atoms with Gasteiger partial charge in [0.05, 0.1) is 18.7 Å². The van der Waals surface area contributed by atoms with E-state index in [1.54, 1.807) is 13.2 Å². The maximum absolute atomic E-state index is 12.5. The number of hydrogen-bond acceptors (Lipinski definition) is 2. The molecule has 0 fully saturated rings. The van der Waals surface area contributed by atoms with Gasteiger partial charge in [0.15, 0.2) is 0 Å². The molecule has 0 radical (unpaired) electrons. The van der Waals surface area contributed by atoms with Gasteiger partial charge in [0.1, 0.15) is 5.75 Å². The van der Waals surface area contributed by atoms with Gasteiger partial charge in [0.2, 0.25) is 0 Å². The molecule has 2 aromatic carbocycles. The fourth-order valence-corrected chi connectivity index (χ4v) is 3.18. The summed E-state index contributed by atoms with van der Waals surface area (Å²) in [5, 5.41) is 3.12. The molecule has 1 N–H and O–H groups in total. The number of carbonyl (C=O) groups is 1. The molecule has 1 amide bonds. The highest BCUT2D eigenvalue weighted by Gasteiger charge is 2.24. The summed E-state index contributed by atoms with van der Waals surface area (Å²) in [6.07, 6.45) is 1.97. The van der Waals surface area contributed by atoms with Gasteiger partial charge in [0.25, 0.3) is 5.91 Å². The molecule has 3 nitrogen and oxygen atoms in total. The summed E-state index contributed by atoms with van der Waals surface area (Å²) < 4.78 is 5.96. The Bertz CT molecular complexity index is 684. The zero-order valence-corrected chi connectivity index (χ0v) is 13.3. The average molecular weight is 346 g/mol. The maximum atomic E-state index is 12.5. The Hall–Kier alpha value is -1.81. The lowest BCUT2D eigenvalue weighted by Crippen LogP contribution is -2.27. The summed E-state index contributed by atoms with van der Waals surface area (Å²) in [6.45, 7) is 0. The van der Waals surface area contributed by atoms with Crippen molar-refractivity contribution in [2.45, 2.75) is 18.9 Å². The highest BCUT2D eigenvalue weighted by atomic mass is 79.9. The van der Waals surface area contributed by atoms with Crippen molar-refractivity contribution in [2.75, 3.05) is 7.11 Å². The third-order valence-electron chi connectivity index (χ3n) is 3.86. The van der Waals surface area contributed by atoms with Crippen LogP contribution in [0.5, 0.6) is 5.75 Å². The van der Waals surface area contributed by atoms with Crippen LogP contribution < -0.4 is 10.1 Å². The molecule has 3 rings (SSSR count). The van der Waals surface area contributed by atoms with Crippen LogP contribution in [-0.2, 0) is 6.42 Å². The predicted octanol–water partition coefficient (Wildman–Crippen LogP) is 3.88. The molecule has 2 aromatic rings. The van der Waals surface area contributed by atoms with Gasteiger partial charge in [-0.2, -0.15) is 0 Å². The van der Waals surface area contributed by atoms with Gasteiger partial charge in [-0.3, -0.25) is 4.79 Å². The van der Waals surface area contributed by atoms with Gasteiger partial charge >= 0.3 is 0 Å². The molecular weight excluding hydrogens is 330 g/mol. The average Bonchev–Trinajstić information content (AvgIpc) is 2.91. The number of hydrogen-bond donors (Lipinski definition) is 1. The number of amides is 1. The van der Waals surface area contributed by atoms with Crippen molar-refractivity contribution >= 4 is 21.8 Å². The predicted molar refractivity (Wildman–Crippen MR) is 85.7 cm³/mol. The topological polar surface area (TPSA) is 38.3 Å². The lowest BCUT2D eigenvalue weighted by atomic mass is 10.1. The Morgan fingerprint density at radius 1 is 1.29 bits per heavy atom. The number of carbonyl (C=O) groups excluding carboxylic acids is 1. The van der Waals surface area contributed by atoms with Crippen molar-refractivity contribution in [3.63, 3.8) is 0 Å². The van der Waals surface area contributed by atoms with Gasteiger partial charge in [-0.05, 0) is 58.1 Å². The Balaban J connectivity index is 1.82. The fourth-order valence-electron chi connectivity index (χ4n) is 2.75. The molecule has 1 aliphatic carbocycles. The molecule has 0 bridgehead atoms. The van der Waals surface area contributed by atoms with E-state index in [2.05, 4.69) is 33.4 Å². The third-order valence-corrected chi connectivity index (χ3v) is 4.55. The number of methoxy groups -OCH3 is 1. The van der Waals surface area contributed by atoms with E-state index in [1.807, 2.05) is 24.3 Å². The van der Waals surface area contributed by atoms with Gasteiger partial charge in [-0.15, -0.1) is 0 Å². The Morgan fingerprint density at radius 2 is 2.10 bits per heavy atom. The second-order valence-corrected chi connectivity index (χ2v) is 5.96. The van der Waals surface area contributed by atoms with Crippen molar-refractivity contribution in [3.8, 4) is 5.75 Å². The van der Waals surface area contributed by atoms with E-state index < -0.39 is 0 Å². The zero-order valence-electron chi connectivity index (χ0n) is 11.7. The number of nitrogens with one attached hydrogen (secondary N) is 1. The first-order valence-corrected chi connectivity index (χ1v) is 7.70. The molecule has 1 atom stereocenters. The van der Waals surface area contributed by atoms with Crippen LogP contribution in [0.3, 0.4) is 0 Å². The standard InChI is InChI=1S/C17H16BrNO2/c1-21-12-7-8-15(18)14(10-12)17(20)19-16-9-6-11-4-2-3-5-13(11)16/h2-5,7-8,10,16H,6,9H2,1H3,(H,19,20). The Morgan fingerprint density at radius 3 is 2.90 bits per heavy atom. The number of benzene rings is 2. The summed E-state index contributed by atoms with van der Waals surface area (Å²) in [5.41, 5.74) is 3.15. The minimum Gasteiger partial charge on any atom is -0.497 e. The van der Waals surface area contributed by atoms with Crippen LogP contribution in [-0.4, -0.2) is 13.0 Å². The van der Waals surface area contributed by atoms with E-state index in [0.717, 1.165) is 17.3 Å². The maximum Gasteiger partial charge on any atom is 0.253 e. The van der Waals surface area contributed by atoms with E-state index in [4.69, 9.17) is 4.74 Å². The van der Waals surface area contributed by atoms with Gasteiger partial charge in [-0.25, -0.2) is 0 Å². The molecule has 108 valence electrons. The molecule has 0 saturated carbocycles. The first-order chi connectivity index (χ1) is 10.2. The van der Waals surface area contributed by atoms with E-state index in [0.29, 0.717) is 11.3 Å². The van der Waals surface area contributed by atoms with E-state index in [1.165, 1.54) is 11.1 Å². The van der Waals surface area contributed by atoms with Gasteiger partial charge in [-0.1, -0.05) is 24.3 Å². The molecule has 0 aromatic heterocycles. The van der Waals surface area contributed by atoms with Crippen molar-refractivity contribution < 1.29 is 9.53 Å². The molecular formula is C17H16BrNO2. The molecule has 0 saturated heterocycles. The van der Waals surface area contributed by atoms with Crippen LogP contribution in [0.25, 0.3) is 0 Å². The second-order valence-electron chi connectivity index (χ2n) is 5.11. The first kappa shape index (κ1) is 14.1. The lowest BCUT2D eigenvalue weighted by molar-refractivity contribution is 0.0935. The molecule has 4 heteroatoms. The first-order valence-electron chi connectivity index (χ1n) is 6.91. The summed E-state index contributed by atoms with van der Waals surface area (Å²) in [5.74, 6) is 0.595. The van der Waals surface area contributed by atoms with Crippen molar-refractivity contribution in [2.24, 2.45) is 0 Å². The number of aryl methyl sites for hydroxylation is 1. The molecule has 0 aliphatic heterocycles. The summed E-state index contributed by atoms with van der Waals surface area (Å²) >= 11 is 3.42. The molecule has 0 heterocycles. The third kappa shape index (κ3) is 2.81. The normalized spacial score (nSPS) is 16.4. The summed E-state index contributed by atoms with van der Waals surface area (Å²) in [4.78, 5) is 12.5.